The zero-order valence-corrected chi connectivity index (χ0v) is 16.7. The van der Waals surface area contributed by atoms with E-state index in [0.717, 1.165) is 6.07 Å². The van der Waals surface area contributed by atoms with Crippen molar-refractivity contribution < 1.29 is 28.5 Å². The third kappa shape index (κ3) is 5.40. The minimum absolute atomic E-state index is 0.0148. The normalized spacial score (nSPS) is 10.5. The Bertz CT molecular complexity index is 1130. The summed E-state index contributed by atoms with van der Waals surface area (Å²) in [6.07, 6.45) is 0. The second kappa shape index (κ2) is 10.1. The highest BCUT2D eigenvalue weighted by Crippen LogP contribution is 2.26. The zero-order chi connectivity index (χ0) is 23.1. The molecule has 13 nitrogen and oxygen atoms in total. The van der Waals surface area contributed by atoms with Crippen LogP contribution in [0.4, 0.5) is 17.1 Å². The first-order chi connectivity index (χ1) is 15.4. The Labute approximate surface area is 180 Å². The maximum absolute atomic E-state index is 12.3. The predicted molar refractivity (Wildman–Crippen MR) is 109 cm³/mol. The fraction of sp³-hybridized carbons (Fsp3) is 0.211. The van der Waals surface area contributed by atoms with Crippen LogP contribution in [-0.4, -0.2) is 46.3 Å². The van der Waals surface area contributed by atoms with Crippen molar-refractivity contribution in [2.75, 3.05) is 25.6 Å². The molecule has 0 aliphatic rings. The Morgan fingerprint density at radius 2 is 1.84 bits per heavy atom. The summed E-state index contributed by atoms with van der Waals surface area (Å²) in [6, 6.07) is 9.38. The zero-order valence-electron chi connectivity index (χ0n) is 16.7. The second-order valence-corrected chi connectivity index (χ2v) is 6.29. The number of esters is 1. The molecule has 0 spiro atoms. The average molecular weight is 443 g/mol. The van der Waals surface area contributed by atoms with Crippen molar-refractivity contribution in [2.45, 2.75) is 6.61 Å². The van der Waals surface area contributed by atoms with Gasteiger partial charge in [-0.05, 0) is 24.3 Å². The number of non-ortho nitro benzene ring substituents is 1. The van der Waals surface area contributed by atoms with Gasteiger partial charge in [-0.15, -0.1) is 10.2 Å². The van der Waals surface area contributed by atoms with Crippen molar-refractivity contribution in [1.29, 1.82) is 0 Å². The lowest BCUT2D eigenvalue weighted by Crippen LogP contribution is -2.11. The van der Waals surface area contributed by atoms with E-state index in [1.54, 1.807) is 0 Å². The molecular weight excluding hydrogens is 426 g/mol. The van der Waals surface area contributed by atoms with Crippen molar-refractivity contribution in [3.05, 3.63) is 74.1 Å². The third-order valence-corrected chi connectivity index (χ3v) is 4.17. The number of nitro groups is 2. The highest BCUT2D eigenvalue weighted by atomic mass is 16.6. The molecule has 32 heavy (non-hydrogen) atoms. The standard InChI is InChI=1S/C19H17N5O8/c1-30-9-8-20-15-7-4-13(10-16(15)24(28)29)19(25)31-11-17-21-22-18(32-17)12-2-5-14(6-3-12)23(26)27/h2-7,10,20H,8-9,11H2,1H3. The Morgan fingerprint density at radius 3 is 2.50 bits per heavy atom. The Hall–Kier alpha value is -4.39. The number of hydrogen-bond acceptors (Lipinski definition) is 11. The predicted octanol–water partition coefficient (Wildman–Crippen LogP) is 2.97. The van der Waals surface area contributed by atoms with Gasteiger partial charge in [0.25, 0.3) is 17.3 Å². The third-order valence-electron chi connectivity index (χ3n) is 4.17. The molecular formula is C19H17N5O8. The number of nitro benzene ring substituents is 2. The number of ether oxygens (including phenoxy) is 2. The lowest BCUT2D eigenvalue weighted by molar-refractivity contribution is -0.384. The molecule has 13 heteroatoms. The SMILES string of the molecule is COCCNc1ccc(C(=O)OCc2nnc(-c3ccc([N+](=O)[O-])cc3)o2)cc1[N+](=O)[O-]. The fourth-order valence-corrected chi connectivity index (χ4v) is 2.61. The molecule has 0 radical (unpaired) electrons. The van der Waals surface area contributed by atoms with E-state index in [1.165, 1.54) is 43.5 Å². The first-order valence-corrected chi connectivity index (χ1v) is 9.14. The highest BCUT2D eigenvalue weighted by molar-refractivity contribution is 5.91. The summed E-state index contributed by atoms with van der Waals surface area (Å²) in [6.45, 7) is 0.350. The van der Waals surface area contributed by atoms with Crippen LogP contribution in [0.2, 0.25) is 0 Å². The van der Waals surface area contributed by atoms with E-state index in [1.807, 2.05) is 0 Å². The van der Waals surface area contributed by atoms with Crippen molar-refractivity contribution >= 4 is 23.0 Å². The Balaban J connectivity index is 1.65. The van der Waals surface area contributed by atoms with Gasteiger partial charge in [-0.2, -0.15) is 0 Å². The van der Waals surface area contributed by atoms with Gasteiger partial charge in [0.05, 0.1) is 22.0 Å². The average Bonchev–Trinajstić information content (AvgIpc) is 3.27. The van der Waals surface area contributed by atoms with Gasteiger partial charge in [0.2, 0.25) is 5.89 Å². The molecule has 0 aliphatic carbocycles. The van der Waals surface area contributed by atoms with Crippen LogP contribution in [0.25, 0.3) is 11.5 Å². The number of anilines is 1. The number of benzene rings is 2. The highest BCUT2D eigenvalue weighted by Gasteiger charge is 2.19. The molecule has 0 fully saturated rings. The largest absolute Gasteiger partial charge is 0.452 e. The van der Waals surface area contributed by atoms with E-state index in [2.05, 4.69) is 15.5 Å². The summed E-state index contributed by atoms with van der Waals surface area (Å²) in [5.41, 5.74) is 0.301. The molecule has 3 aromatic rings. The van der Waals surface area contributed by atoms with E-state index >= 15 is 0 Å². The quantitative estimate of drug-likeness (QED) is 0.211. The van der Waals surface area contributed by atoms with Crippen molar-refractivity contribution in [1.82, 2.24) is 10.2 Å². The van der Waals surface area contributed by atoms with Gasteiger partial charge >= 0.3 is 5.97 Å². The van der Waals surface area contributed by atoms with Crippen LogP contribution < -0.4 is 5.32 Å². The number of rotatable bonds is 10. The molecule has 0 aliphatic heterocycles. The molecule has 0 saturated carbocycles. The monoisotopic (exact) mass is 443 g/mol. The number of carbonyl (C=O) groups excluding carboxylic acids is 1. The summed E-state index contributed by atoms with van der Waals surface area (Å²) in [7, 11) is 1.51. The van der Waals surface area contributed by atoms with E-state index in [9.17, 15) is 25.0 Å². The number of carbonyl (C=O) groups is 1. The van der Waals surface area contributed by atoms with E-state index in [0.29, 0.717) is 18.7 Å². The van der Waals surface area contributed by atoms with Gasteiger partial charge < -0.3 is 19.2 Å². The molecule has 1 N–H and O–H groups in total. The van der Waals surface area contributed by atoms with Crippen molar-refractivity contribution in [2.24, 2.45) is 0 Å². The van der Waals surface area contributed by atoms with Gasteiger partial charge in [0.1, 0.15) is 5.69 Å². The Morgan fingerprint density at radius 1 is 1.09 bits per heavy atom. The van der Waals surface area contributed by atoms with Crippen LogP contribution >= 0.6 is 0 Å². The lowest BCUT2D eigenvalue weighted by atomic mass is 10.1. The molecule has 0 bridgehead atoms. The van der Waals surface area contributed by atoms with Crippen LogP contribution in [0.1, 0.15) is 16.2 Å². The minimum atomic E-state index is -0.813. The lowest BCUT2D eigenvalue weighted by Gasteiger charge is -2.08. The molecule has 3 rings (SSSR count). The van der Waals surface area contributed by atoms with Crippen LogP contribution in [0, 0.1) is 20.2 Å². The maximum atomic E-state index is 12.3. The summed E-state index contributed by atoms with van der Waals surface area (Å²) in [5.74, 6) is -0.737. The fourth-order valence-electron chi connectivity index (χ4n) is 2.61. The molecule has 166 valence electrons. The minimum Gasteiger partial charge on any atom is -0.452 e. The maximum Gasteiger partial charge on any atom is 0.338 e. The summed E-state index contributed by atoms with van der Waals surface area (Å²) in [5, 5.41) is 32.5. The van der Waals surface area contributed by atoms with E-state index in [-0.39, 0.29) is 41.0 Å². The molecule has 0 amide bonds. The summed E-state index contributed by atoms with van der Waals surface area (Å²) in [4.78, 5) is 33.2. The van der Waals surface area contributed by atoms with Crippen molar-refractivity contribution in [3.8, 4) is 11.5 Å². The smallest absolute Gasteiger partial charge is 0.338 e. The van der Waals surface area contributed by atoms with Gasteiger partial charge in [-0.25, -0.2) is 4.79 Å². The molecule has 0 unspecified atom stereocenters. The topological polar surface area (TPSA) is 173 Å². The number of nitrogens with zero attached hydrogens (tertiary/aromatic N) is 4. The number of methoxy groups -OCH3 is 1. The van der Waals surface area contributed by atoms with Crippen LogP contribution in [0.3, 0.4) is 0 Å². The van der Waals surface area contributed by atoms with E-state index < -0.39 is 15.8 Å². The number of hydrogen-bond donors (Lipinski definition) is 1. The number of aromatic nitrogens is 2. The molecule has 0 saturated heterocycles. The molecule has 2 aromatic carbocycles. The molecule has 1 heterocycles. The van der Waals surface area contributed by atoms with Gasteiger partial charge in [-0.3, -0.25) is 20.2 Å². The number of nitrogens with one attached hydrogen (secondary N) is 1. The second-order valence-electron chi connectivity index (χ2n) is 6.29. The summed E-state index contributed by atoms with van der Waals surface area (Å²) < 4.78 is 15.4. The van der Waals surface area contributed by atoms with E-state index in [4.69, 9.17) is 13.9 Å². The van der Waals surface area contributed by atoms with Gasteiger partial charge in [0.15, 0.2) is 6.61 Å². The van der Waals surface area contributed by atoms with Crippen LogP contribution in [-0.2, 0) is 16.1 Å². The first-order valence-electron chi connectivity index (χ1n) is 9.14. The van der Waals surface area contributed by atoms with Gasteiger partial charge in [0, 0.05) is 37.4 Å². The summed E-state index contributed by atoms with van der Waals surface area (Å²) >= 11 is 0. The molecule has 0 atom stereocenters. The van der Waals surface area contributed by atoms with Crippen molar-refractivity contribution in [3.63, 3.8) is 0 Å². The van der Waals surface area contributed by atoms with Crippen LogP contribution in [0.5, 0.6) is 0 Å². The Kier molecular flexibility index (Phi) is 7.02. The molecule has 1 aromatic heterocycles. The van der Waals surface area contributed by atoms with Gasteiger partial charge in [-0.1, -0.05) is 0 Å². The first kappa shape index (κ1) is 22.3. The van der Waals surface area contributed by atoms with Crippen LogP contribution in [0.15, 0.2) is 46.9 Å².